The molecule has 0 aliphatic heterocycles. The molecule has 8 heteroatoms. The van der Waals surface area contributed by atoms with Gasteiger partial charge in [-0.05, 0) is 34.5 Å². The topological polar surface area (TPSA) is 42.7 Å². The van der Waals surface area contributed by atoms with Gasteiger partial charge in [-0.15, -0.1) is 0 Å². The second-order valence-electron chi connectivity index (χ2n) is 4.13. The maximum atomic E-state index is 12.9. The van der Waals surface area contributed by atoms with Crippen LogP contribution in [0.2, 0.25) is 0 Å². The molecular formula is C12H12BrF3N4. The van der Waals surface area contributed by atoms with E-state index in [2.05, 4.69) is 31.3 Å². The highest BCUT2D eigenvalue weighted by Crippen LogP contribution is 2.31. The molecule has 0 amide bonds. The maximum Gasteiger partial charge on any atom is 0.416 e. The number of hydrogen-bond donors (Lipinski definition) is 1. The molecule has 0 saturated carbocycles. The van der Waals surface area contributed by atoms with E-state index in [1.54, 1.807) is 6.20 Å². The Morgan fingerprint density at radius 3 is 2.65 bits per heavy atom. The summed E-state index contributed by atoms with van der Waals surface area (Å²) in [6.07, 6.45) is -0.599. The van der Waals surface area contributed by atoms with Crippen molar-refractivity contribution in [2.75, 3.05) is 11.9 Å². The van der Waals surface area contributed by atoms with Crippen LogP contribution in [0, 0.1) is 0 Å². The van der Waals surface area contributed by atoms with Crippen LogP contribution in [0.15, 0.2) is 29.0 Å². The Hall–Kier alpha value is -1.57. The largest absolute Gasteiger partial charge is 0.416 e. The van der Waals surface area contributed by atoms with E-state index >= 15 is 0 Å². The molecule has 2 aromatic heterocycles. The number of hydrogen-bond acceptors (Lipinski definition) is 3. The molecule has 0 fully saturated rings. The Kier molecular flexibility index (Phi) is 4.32. The Labute approximate surface area is 122 Å². The van der Waals surface area contributed by atoms with E-state index in [9.17, 15) is 13.2 Å². The average molecular weight is 349 g/mol. The zero-order valence-electron chi connectivity index (χ0n) is 10.6. The van der Waals surface area contributed by atoms with Gasteiger partial charge < -0.3 is 5.32 Å². The van der Waals surface area contributed by atoms with Crippen molar-refractivity contribution in [1.82, 2.24) is 14.8 Å². The number of alkyl halides is 3. The predicted molar refractivity (Wildman–Crippen MR) is 72.8 cm³/mol. The van der Waals surface area contributed by atoms with E-state index in [-0.39, 0.29) is 11.6 Å². The molecule has 4 nitrogen and oxygen atoms in total. The number of nitrogens with zero attached hydrogens (tertiary/aromatic N) is 3. The summed E-state index contributed by atoms with van der Waals surface area (Å²) >= 11 is 3.20. The molecule has 2 aromatic rings. The summed E-state index contributed by atoms with van der Waals surface area (Å²) in [6, 6.07) is 1.97. The minimum absolute atomic E-state index is 0.115. The number of aromatic nitrogens is 3. The van der Waals surface area contributed by atoms with Crippen molar-refractivity contribution >= 4 is 21.7 Å². The van der Waals surface area contributed by atoms with Crippen LogP contribution in [0.25, 0.3) is 5.82 Å². The van der Waals surface area contributed by atoms with Crippen molar-refractivity contribution in [3.63, 3.8) is 0 Å². The molecule has 0 saturated heterocycles. The summed E-state index contributed by atoms with van der Waals surface area (Å²) in [5.41, 5.74) is -0.757. The SMILES string of the molecule is CCCNc1cc(C(F)(F)F)cc(-n2cc(Br)cn2)n1. The second kappa shape index (κ2) is 5.82. The number of anilines is 1. The smallest absolute Gasteiger partial charge is 0.370 e. The highest BCUT2D eigenvalue weighted by atomic mass is 79.9. The highest BCUT2D eigenvalue weighted by molar-refractivity contribution is 9.10. The van der Waals surface area contributed by atoms with Crippen molar-refractivity contribution in [1.29, 1.82) is 0 Å². The summed E-state index contributed by atoms with van der Waals surface area (Å²) in [5.74, 6) is 0.299. The van der Waals surface area contributed by atoms with Crippen molar-refractivity contribution in [2.24, 2.45) is 0 Å². The van der Waals surface area contributed by atoms with Gasteiger partial charge in [0, 0.05) is 12.7 Å². The molecule has 2 rings (SSSR count). The van der Waals surface area contributed by atoms with Crippen LogP contribution in [0.4, 0.5) is 19.0 Å². The molecule has 20 heavy (non-hydrogen) atoms. The first-order valence-corrected chi connectivity index (χ1v) is 6.73. The first kappa shape index (κ1) is 14.8. The van der Waals surface area contributed by atoms with Crippen molar-refractivity contribution in [3.8, 4) is 5.82 Å². The molecule has 0 aromatic carbocycles. The quantitative estimate of drug-likeness (QED) is 0.911. The standard InChI is InChI=1S/C12H12BrF3N4/c1-2-3-17-10-4-8(12(14,15)16)5-11(19-10)20-7-9(13)6-18-20/h4-7H,2-3H2,1H3,(H,17,19). The van der Waals surface area contributed by atoms with E-state index < -0.39 is 11.7 Å². The molecule has 0 radical (unpaired) electrons. The molecule has 1 N–H and O–H groups in total. The lowest BCUT2D eigenvalue weighted by atomic mass is 10.2. The zero-order chi connectivity index (χ0) is 14.8. The first-order valence-electron chi connectivity index (χ1n) is 5.94. The van der Waals surface area contributed by atoms with Gasteiger partial charge in [0.1, 0.15) is 5.82 Å². The molecule has 0 atom stereocenters. The lowest BCUT2D eigenvalue weighted by Crippen LogP contribution is -2.11. The predicted octanol–water partition coefficient (Wildman–Crippen LogP) is 3.87. The van der Waals surface area contributed by atoms with Gasteiger partial charge >= 0.3 is 6.18 Å². The lowest BCUT2D eigenvalue weighted by Gasteiger charge is -2.12. The zero-order valence-corrected chi connectivity index (χ0v) is 12.2. The molecule has 2 heterocycles. The van der Waals surface area contributed by atoms with Crippen LogP contribution in [0.5, 0.6) is 0 Å². The van der Waals surface area contributed by atoms with E-state index in [4.69, 9.17) is 0 Å². The van der Waals surface area contributed by atoms with Crippen LogP contribution in [-0.4, -0.2) is 21.3 Å². The highest BCUT2D eigenvalue weighted by Gasteiger charge is 2.32. The van der Waals surface area contributed by atoms with Gasteiger partial charge in [-0.25, -0.2) is 9.67 Å². The minimum atomic E-state index is -4.43. The van der Waals surface area contributed by atoms with Crippen LogP contribution in [-0.2, 0) is 6.18 Å². The Balaban J connectivity index is 2.45. The molecule has 108 valence electrons. The minimum Gasteiger partial charge on any atom is -0.370 e. The average Bonchev–Trinajstić information content (AvgIpc) is 2.82. The maximum absolute atomic E-state index is 12.9. The third-order valence-electron chi connectivity index (χ3n) is 2.48. The fourth-order valence-electron chi connectivity index (χ4n) is 1.57. The van der Waals surface area contributed by atoms with E-state index in [1.807, 2.05) is 6.92 Å². The fraction of sp³-hybridized carbons (Fsp3) is 0.333. The van der Waals surface area contributed by atoms with Crippen molar-refractivity contribution < 1.29 is 13.2 Å². The van der Waals surface area contributed by atoms with E-state index in [0.717, 1.165) is 18.6 Å². The van der Waals surface area contributed by atoms with Crippen LogP contribution < -0.4 is 5.32 Å². The lowest BCUT2D eigenvalue weighted by molar-refractivity contribution is -0.137. The Morgan fingerprint density at radius 1 is 1.35 bits per heavy atom. The molecule has 0 spiro atoms. The van der Waals surface area contributed by atoms with Crippen LogP contribution >= 0.6 is 15.9 Å². The van der Waals surface area contributed by atoms with Crippen molar-refractivity contribution in [3.05, 3.63) is 34.6 Å². The van der Waals surface area contributed by atoms with Gasteiger partial charge in [0.2, 0.25) is 0 Å². The molecule has 0 unspecified atom stereocenters. The van der Waals surface area contributed by atoms with Gasteiger partial charge in [-0.1, -0.05) is 6.92 Å². The number of nitrogens with one attached hydrogen (secondary N) is 1. The number of halogens is 4. The van der Waals surface area contributed by atoms with Gasteiger partial charge in [-0.2, -0.15) is 18.3 Å². The summed E-state index contributed by atoms with van der Waals surface area (Å²) in [5, 5.41) is 6.80. The number of rotatable bonds is 4. The van der Waals surface area contributed by atoms with Crippen LogP contribution in [0.3, 0.4) is 0 Å². The normalized spacial score (nSPS) is 11.7. The Morgan fingerprint density at radius 2 is 2.10 bits per heavy atom. The summed E-state index contributed by atoms with van der Waals surface area (Å²) in [6.45, 7) is 2.47. The Bertz CT molecular complexity index is 595. The van der Waals surface area contributed by atoms with Crippen LogP contribution in [0.1, 0.15) is 18.9 Å². The summed E-state index contributed by atoms with van der Waals surface area (Å²) in [4.78, 5) is 4.14. The summed E-state index contributed by atoms with van der Waals surface area (Å²) < 4.78 is 40.6. The van der Waals surface area contributed by atoms with Gasteiger partial charge in [0.05, 0.1) is 16.2 Å². The molecule has 0 bridgehead atoms. The summed E-state index contributed by atoms with van der Waals surface area (Å²) in [7, 11) is 0. The number of pyridine rings is 1. The fourth-order valence-corrected chi connectivity index (χ4v) is 1.85. The van der Waals surface area contributed by atoms with E-state index in [1.165, 1.54) is 10.9 Å². The van der Waals surface area contributed by atoms with Crippen molar-refractivity contribution in [2.45, 2.75) is 19.5 Å². The van der Waals surface area contributed by atoms with E-state index in [0.29, 0.717) is 11.0 Å². The monoisotopic (exact) mass is 348 g/mol. The van der Waals surface area contributed by atoms with Gasteiger partial charge in [-0.3, -0.25) is 0 Å². The van der Waals surface area contributed by atoms with Gasteiger partial charge in [0.15, 0.2) is 5.82 Å². The molecular weight excluding hydrogens is 337 g/mol. The first-order chi connectivity index (χ1) is 9.40. The van der Waals surface area contributed by atoms with Gasteiger partial charge in [0.25, 0.3) is 0 Å². The third kappa shape index (κ3) is 3.50. The second-order valence-corrected chi connectivity index (χ2v) is 5.04. The molecule has 0 aliphatic rings. The third-order valence-corrected chi connectivity index (χ3v) is 2.89. The molecule has 0 aliphatic carbocycles.